The number of nitrogens with zero attached hydrogens (tertiary/aromatic N) is 1. The molecule has 0 aromatic rings. The van der Waals surface area contributed by atoms with Crippen LogP contribution in [-0.4, -0.2) is 89.2 Å². The summed E-state index contributed by atoms with van der Waals surface area (Å²) in [6.45, 7) is 25.7. The van der Waals surface area contributed by atoms with Gasteiger partial charge in [-0.05, 0) is 70.6 Å². The van der Waals surface area contributed by atoms with Crippen LogP contribution in [0.1, 0.15) is 148 Å². The van der Waals surface area contributed by atoms with Gasteiger partial charge in [0.25, 0.3) is 5.91 Å². The molecule has 1 heterocycles. The molecule has 12 nitrogen and oxygen atoms in total. The Morgan fingerprint density at radius 3 is 1.86 bits per heavy atom. The summed E-state index contributed by atoms with van der Waals surface area (Å²) in [6, 6.07) is -1.50. The molecule has 5 N–H and O–H groups in total. The number of hydrogen-bond donors (Lipinski definition) is 5. The predicted molar refractivity (Wildman–Crippen MR) is 201 cm³/mol. The van der Waals surface area contributed by atoms with Gasteiger partial charge in [-0.3, -0.25) is 19.2 Å². The highest BCUT2D eigenvalue weighted by Gasteiger charge is 2.39. The minimum atomic E-state index is -1.37. The smallest absolute Gasteiger partial charge is 0.408 e. The molecule has 294 valence electrons. The van der Waals surface area contributed by atoms with E-state index >= 15 is 0 Å². The summed E-state index contributed by atoms with van der Waals surface area (Å²) in [6.07, 6.45) is 5.98. The zero-order valence-electron chi connectivity index (χ0n) is 33.9. The Hall–Kier alpha value is -2.89. The van der Waals surface area contributed by atoms with Gasteiger partial charge in [0.2, 0.25) is 17.7 Å². The molecule has 5 amide bonds. The van der Waals surface area contributed by atoms with Crippen LogP contribution in [-0.2, 0) is 23.9 Å². The highest BCUT2D eigenvalue weighted by molar-refractivity contribution is 5.93. The number of aliphatic hydroxyl groups excluding tert-OH is 1. The predicted octanol–water partition coefficient (Wildman–Crippen LogP) is 5.70. The summed E-state index contributed by atoms with van der Waals surface area (Å²) >= 11 is 0. The first-order valence-electron chi connectivity index (χ1n) is 19.3. The van der Waals surface area contributed by atoms with E-state index in [1.807, 2.05) is 34.6 Å². The minimum Gasteiger partial charge on any atom is -0.444 e. The summed E-state index contributed by atoms with van der Waals surface area (Å²) in [5.41, 5.74) is -0.716. The second-order valence-electron chi connectivity index (χ2n) is 14.6. The average Bonchev–Trinajstić information content (AvgIpc) is 3.79. The van der Waals surface area contributed by atoms with E-state index in [9.17, 15) is 29.1 Å². The lowest BCUT2D eigenvalue weighted by Gasteiger charge is -2.31. The van der Waals surface area contributed by atoms with Gasteiger partial charge in [-0.1, -0.05) is 94.9 Å². The molecule has 0 aromatic carbocycles. The van der Waals surface area contributed by atoms with E-state index in [1.165, 1.54) is 11.3 Å². The Kier molecular flexibility index (Phi) is 26.4. The lowest BCUT2D eigenvalue weighted by atomic mass is 9.83. The van der Waals surface area contributed by atoms with Gasteiger partial charge < -0.3 is 36.0 Å². The zero-order valence-corrected chi connectivity index (χ0v) is 33.9. The summed E-state index contributed by atoms with van der Waals surface area (Å²) < 4.78 is 5.35. The molecule has 0 spiro atoms. The molecule has 0 radical (unpaired) electrons. The summed E-state index contributed by atoms with van der Waals surface area (Å²) in [5.74, 6) is -1.02. The van der Waals surface area contributed by atoms with Crippen molar-refractivity contribution >= 4 is 29.7 Å². The molecule has 12 heteroatoms. The molecule has 50 heavy (non-hydrogen) atoms. The summed E-state index contributed by atoms with van der Waals surface area (Å²) in [7, 11) is 0. The first kappa shape index (κ1) is 49.2. The normalized spacial score (nSPS) is 19.5. The second-order valence-corrected chi connectivity index (χ2v) is 14.6. The molecule has 3 aliphatic rings. The van der Waals surface area contributed by atoms with Crippen LogP contribution in [0.15, 0.2) is 0 Å². The maximum absolute atomic E-state index is 13.2. The Morgan fingerprint density at radius 2 is 1.38 bits per heavy atom. The molecule has 2 saturated carbocycles. The third kappa shape index (κ3) is 22.0. The number of carbonyl (C=O) groups excluding carboxylic acids is 5. The molecular weight excluding hydrogens is 638 g/mol. The van der Waals surface area contributed by atoms with Crippen molar-refractivity contribution in [2.24, 2.45) is 17.8 Å². The highest BCUT2D eigenvalue weighted by Crippen LogP contribution is 2.27. The van der Waals surface area contributed by atoms with E-state index in [0.29, 0.717) is 13.0 Å². The fourth-order valence-corrected chi connectivity index (χ4v) is 5.18. The molecule has 1 aliphatic heterocycles. The number of nitrogens with one attached hydrogen (secondary N) is 4. The molecule has 2 aliphatic carbocycles. The van der Waals surface area contributed by atoms with Crippen molar-refractivity contribution in [1.29, 1.82) is 0 Å². The minimum absolute atomic E-state index is 0.0600. The molecule has 0 bridgehead atoms. The maximum atomic E-state index is 13.2. The topological polar surface area (TPSA) is 166 Å². The number of likely N-dealkylation sites (tertiary alicyclic amines) is 1. The van der Waals surface area contributed by atoms with E-state index in [2.05, 4.69) is 55.9 Å². The van der Waals surface area contributed by atoms with Gasteiger partial charge in [-0.25, -0.2) is 4.79 Å². The molecule has 3 rings (SSSR count). The highest BCUT2D eigenvalue weighted by atomic mass is 16.6. The number of hydrogen-bond acceptors (Lipinski definition) is 7. The van der Waals surface area contributed by atoms with Crippen LogP contribution in [0.3, 0.4) is 0 Å². The number of alkyl carbamates (subject to hydrolysis) is 1. The van der Waals surface area contributed by atoms with E-state index < -0.39 is 53.5 Å². The molecule has 1 saturated heterocycles. The van der Waals surface area contributed by atoms with E-state index in [1.54, 1.807) is 20.8 Å². The van der Waals surface area contributed by atoms with Crippen LogP contribution < -0.4 is 21.3 Å². The molecule has 4 unspecified atom stereocenters. The largest absolute Gasteiger partial charge is 0.444 e. The Morgan fingerprint density at radius 1 is 0.860 bits per heavy atom. The maximum Gasteiger partial charge on any atom is 0.408 e. The van der Waals surface area contributed by atoms with Crippen LogP contribution in [0.25, 0.3) is 0 Å². The van der Waals surface area contributed by atoms with Crippen molar-refractivity contribution in [1.82, 2.24) is 26.2 Å². The lowest BCUT2D eigenvalue weighted by molar-refractivity contribution is -0.139. The lowest BCUT2D eigenvalue weighted by Crippen LogP contribution is -2.55. The summed E-state index contributed by atoms with van der Waals surface area (Å²) in [5, 5.41) is 20.7. The van der Waals surface area contributed by atoms with Crippen LogP contribution >= 0.6 is 0 Å². The SMILES string of the molecule is CC.CC.CC(C)C.CC1CC(C(=O)NCC(O)C(=O)NC2CC2)N(C(=O)CNC(=O)C(NC(=O)OC(C)(C)C)C2CCCCC2)C1.CCC. The van der Waals surface area contributed by atoms with Crippen molar-refractivity contribution in [2.45, 2.75) is 178 Å². The van der Waals surface area contributed by atoms with Gasteiger partial charge >= 0.3 is 6.09 Å². The Balaban J connectivity index is 0. The van der Waals surface area contributed by atoms with Gasteiger partial charge in [0, 0.05) is 12.6 Å². The monoisotopic (exact) mass is 714 g/mol. The average molecular weight is 714 g/mol. The molecule has 0 aromatic heterocycles. The molecular formula is C38H75N5O7. The van der Waals surface area contributed by atoms with Gasteiger partial charge in [0.1, 0.15) is 23.8 Å². The number of aliphatic hydroxyl groups is 1. The number of rotatable bonds is 10. The molecule has 4 atom stereocenters. The summed E-state index contributed by atoms with van der Waals surface area (Å²) in [4.78, 5) is 65.0. The first-order chi connectivity index (χ1) is 23.5. The third-order valence-electron chi connectivity index (χ3n) is 7.32. The van der Waals surface area contributed by atoms with Crippen molar-refractivity contribution in [3.8, 4) is 0 Å². The quantitative estimate of drug-likeness (QED) is 0.194. The van der Waals surface area contributed by atoms with E-state index in [4.69, 9.17) is 4.74 Å². The number of ether oxygens (including phenoxy) is 1. The van der Waals surface area contributed by atoms with Crippen molar-refractivity contribution in [2.75, 3.05) is 19.6 Å². The fraction of sp³-hybridized carbons (Fsp3) is 0.868. The van der Waals surface area contributed by atoms with Crippen LogP contribution in [0.5, 0.6) is 0 Å². The van der Waals surface area contributed by atoms with E-state index in [0.717, 1.165) is 50.9 Å². The zero-order chi connectivity index (χ0) is 39.0. The first-order valence-corrected chi connectivity index (χ1v) is 19.3. The number of amides is 5. The second kappa shape index (κ2) is 26.9. The van der Waals surface area contributed by atoms with E-state index in [-0.39, 0.29) is 31.0 Å². The Bertz CT molecular complexity index is 972. The fourth-order valence-electron chi connectivity index (χ4n) is 5.18. The van der Waals surface area contributed by atoms with Crippen LogP contribution in [0.2, 0.25) is 0 Å². The van der Waals surface area contributed by atoms with Gasteiger partial charge in [-0.2, -0.15) is 0 Å². The van der Waals surface area contributed by atoms with Crippen molar-refractivity contribution in [3.05, 3.63) is 0 Å². The third-order valence-corrected chi connectivity index (χ3v) is 7.32. The van der Waals surface area contributed by atoms with Crippen LogP contribution in [0.4, 0.5) is 4.79 Å². The standard InChI is InChI=1S/C27H45N5O7.C4H10.C3H8.2C2H6/c1-16-12-19(23(35)28-13-20(33)24(36)30-18-10-11-18)32(15-16)21(34)14-29-25(37)22(17-8-6-5-7-9-17)31-26(38)39-27(2,3)4;1-4(2)3;1-3-2;2*1-2/h16-20,22,33H,5-15H2,1-4H3,(H,28,35)(H,29,37)(H,30,36)(H,31,38);4H,1-3H3;3H2,1-2H3;2*1-2H3. The molecule has 3 fully saturated rings. The van der Waals surface area contributed by atoms with Crippen LogP contribution in [0, 0.1) is 17.8 Å². The van der Waals surface area contributed by atoms with Gasteiger partial charge in [-0.15, -0.1) is 0 Å². The van der Waals surface area contributed by atoms with Crippen molar-refractivity contribution < 1.29 is 33.8 Å². The van der Waals surface area contributed by atoms with Crippen molar-refractivity contribution in [3.63, 3.8) is 0 Å². The number of carbonyl (C=O) groups is 5. The Labute approximate surface area is 304 Å². The van der Waals surface area contributed by atoms with Gasteiger partial charge in [0.05, 0.1) is 13.1 Å². The van der Waals surface area contributed by atoms with Gasteiger partial charge in [0.15, 0.2) is 0 Å².